The molecule has 0 fully saturated rings. The fourth-order valence-electron chi connectivity index (χ4n) is 3.60. The van der Waals surface area contributed by atoms with E-state index in [1.165, 1.54) is 0 Å². The van der Waals surface area contributed by atoms with Crippen molar-refractivity contribution in [1.29, 1.82) is 0 Å². The van der Waals surface area contributed by atoms with Crippen molar-refractivity contribution in [2.24, 2.45) is 0 Å². The molecule has 0 aliphatic carbocycles. The summed E-state index contributed by atoms with van der Waals surface area (Å²) >= 11 is 0. The normalized spacial score (nSPS) is 12.9. The first kappa shape index (κ1) is 19.7. The number of anilines is 1. The van der Waals surface area contributed by atoms with Gasteiger partial charge < -0.3 is 19.7 Å². The number of nitrogens with one attached hydrogen (secondary N) is 1. The lowest BCUT2D eigenvalue weighted by atomic mass is 9.98. The molecule has 1 heterocycles. The third kappa shape index (κ3) is 4.44. The van der Waals surface area contributed by atoms with E-state index in [0.29, 0.717) is 24.6 Å². The summed E-state index contributed by atoms with van der Waals surface area (Å²) in [6, 6.07) is 9.69. The summed E-state index contributed by atoms with van der Waals surface area (Å²) in [5.41, 5.74) is 5.02. The number of carbonyl (C=O) groups is 2. The van der Waals surface area contributed by atoms with Gasteiger partial charge in [0.1, 0.15) is 6.42 Å². The van der Waals surface area contributed by atoms with Gasteiger partial charge in [-0.05, 0) is 66.8 Å². The highest BCUT2D eigenvalue weighted by molar-refractivity contribution is 6.03. The van der Waals surface area contributed by atoms with Crippen molar-refractivity contribution in [3.63, 3.8) is 0 Å². The van der Waals surface area contributed by atoms with Crippen LogP contribution in [0.5, 0.6) is 11.5 Å². The van der Waals surface area contributed by atoms with Gasteiger partial charge in [-0.1, -0.05) is 6.07 Å². The number of aryl methyl sites for hydroxylation is 2. The number of carbonyl (C=O) groups excluding carboxylic acids is 2. The van der Waals surface area contributed by atoms with Gasteiger partial charge in [-0.15, -0.1) is 0 Å². The molecule has 0 aromatic heterocycles. The maximum absolute atomic E-state index is 12.6. The van der Waals surface area contributed by atoms with Crippen molar-refractivity contribution in [3.05, 3.63) is 52.6 Å². The Morgan fingerprint density at radius 1 is 0.964 bits per heavy atom. The third-order valence-electron chi connectivity index (χ3n) is 4.89. The molecule has 6 heteroatoms. The molecule has 2 amide bonds. The largest absolute Gasteiger partial charge is 0.493 e. The molecule has 0 saturated carbocycles. The maximum atomic E-state index is 12.6. The first-order valence-corrected chi connectivity index (χ1v) is 9.29. The van der Waals surface area contributed by atoms with E-state index in [1.807, 2.05) is 44.2 Å². The van der Waals surface area contributed by atoms with Gasteiger partial charge in [0.05, 0.1) is 14.2 Å². The minimum absolute atomic E-state index is 0.171. The number of fused-ring (bicyclic) bond motifs is 1. The third-order valence-corrected chi connectivity index (χ3v) is 4.89. The zero-order chi connectivity index (χ0) is 20.3. The summed E-state index contributed by atoms with van der Waals surface area (Å²) in [6.07, 6.45) is 0.551. The lowest BCUT2D eigenvalue weighted by Gasteiger charge is -2.29. The van der Waals surface area contributed by atoms with Gasteiger partial charge in [0.15, 0.2) is 11.5 Å². The van der Waals surface area contributed by atoms with Crippen LogP contribution in [-0.4, -0.2) is 37.5 Å². The molecule has 1 aliphatic rings. The molecule has 0 bridgehead atoms. The van der Waals surface area contributed by atoms with Crippen molar-refractivity contribution in [3.8, 4) is 11.5 Å². The molecular weight excluding hydrogens is 356 g/mol. The molecule has 0 unspecified atom stereocenters. The van der Waals surface area contributed by atoms with Crippen molar-refractivity contribution in [2.75, 3.05) is 26.1 Å². The number of methoxy groups -OCH3 is 2. The Morgan fingerprint density at radius 3 is 2.18 bits per heavy atom. The van der Waals surface area contributed by atoms with Gasteiger partial charge in [-0.3, -0.25) is 9.59 Å². The molecule has 0 spiro atoms. The van der Waals surface area contributed by atoms with E-state index in [-0.39, 0.29) is 18.2 Å². The Balaban J connectivity index is 1.65. The minimum atomic E-state index is -0.298. The highest BCUT2D eigenvalue weighted by atomic mass is 16.5. The van der Waals surface area contributed by atoms with Crippen LogP contribution in [-0.2, 0) is 22.6 Å². The molecule has 0 atom stereocenters. The van der Waals surface area contributed by atoms with Crippen LogP contribution >= 0.6 is 0 Å². The van der Waals surface area contributed by atoms with E-state index < -0.39 is 0 Å². The van der Waals surface area contributed by atoms with E-state index in [1.54, 1.807) is 19.1 Å². The molecule has 0 radical (unpaired) electrons. The average molecular weight is 382 g/mol. The van der Waals surface area contributed by atoms with Crippen LogP contribution in [0.4, 0.5) is 5.69 Å². The van der Waals surface area contributed by atoms with Crippen LogP contribution in [0.15, 0.2) is 30.3 Å². The molecule has 1 aliphatic heterocycles. The molecule has 2 aromatic rings. The highest BCUT2D eigenvalue weighted by Crippen LogP contribution is 2.33. The number of hydrogen-bond donors (Lipinski definition) is 1. The Kier molecular flexibility index (Phi) is 5.87. The predicted octanol–water partition coefficient (Wildman–Crippen LogP) is 3.23. The molecular formula is C22H26N2O4. The molecule has 3 rings (SSSR count). The summed E-state index contributed by atoms with van der Waals surface area (Å²) in [7, 11) is 3.20. The van der Waals surface area contributed by atoms with Crippen molar-refractivity contribution in [1.82, 2.24) is 4.90 Å². The zero-order valence-corrected chi connectivity index (χ0v) is 16.8. The Morgan fingerprint density at radius 2 is 1.57 bits per heavy atom. The van der Waals surface area contributed by atoms with Crippen LogP contribution in [0.25, 0.3) is 0 Å². The molecule has 148 valence electrons. The average Bonchev–Trinajstić information content (AvgIpc) is 2.65. The number of ether oxygens (including phenoxy) is 2. The second-order valence-corrected chi connectivity index (χ2v) is 7.14. The second-order valence-electron chi connectivity index (χ2n) is 7.14. The topological polar surface area (TPSA) is 67.9 Å². The van der Waals surface area contributed by atoms with Gasteiger partial charge in [0.25, 0.3) is 0 Å². The number of benzene rings is 2. The van der Waals surface area contributed by atoms with E-state index in [9.17, 15) is 9.59 Å². The number of hydrogen-bond acceptors (Lipinski definition) is 4. The number of rotatable bonds is 5. The van der Waals surface area contributed by atoms with Crippen LogP contribution in [0.1, 0.15) is 28.7 Å². The van der Waals surface area contributed by atoms with Gasteiger partial charge in [0.2, 0.25) is 11.8 Å². The van der Waals surface area contributed by atoms with E-state index in [0.717, 1.165) is 34.4 Å². The first-order valence-electron chi connectivity index (χ1n) is 9.29. The molecule has 6 nitrogen and oxygen atoms in total. The van der Waals surface area contributed by atoms with Crippen LogP contribution in [0.2, 0.25) is 0 Å². The maximum Gasteiger partial charge on any atom is 0.233 e. The second kappa shape index (κ2) is 8.33. The van der Waals surface area contributed by atoms with Crippen LogP contribution in [0.3, 0.4) is 0 Å². The number of nitrogens with zero attached hydrogens (tertiary/aromatic N) is 1. The quantitative estimate of drug-likeness (QED) is 0.806. The van der Waals surface area contributed by atoms with Gasteiger partial charge in [0, 0.05) is 18.8 Å². The molecule has 1 N–H and O–H groups in total. The first-order chi connectivity index (χ1) is 13.4. The number of amides is 2. The lowest BCUT2D eigenvalue weighted by Crippen LogP contribution is -2.37. The van der Waals surface area contributed by atoms with Crippen molar-refractivity contribution in [2.45, 2.75) is 33.2 Å². The standard InChI is InChI=1S/C22H26N2O4/c1-14-7-15(2)9-18(8-14)23-21(25)12-22(26)24-6-5-16-10-19(27-3)20(28-4)11-17(16)13-24/h7-11H,5-6,12-13H2,1-4H3,(H,23,25). The molecule has 2 aromatic carbocycles. The van der Waals surface area contributed by atoms with Crippen LogP contribution < -0.4 is 14.8 Å². The fourth-order valence-corrected chi connectivity index (χ4v) is 3.60. The predicted molar refractivity (Wildman–Crippen MR) is 108 cm³/mol. The lowest BCUT2D eigenvalue weighted by molar-refractivity contribution is -0.135. The molecule has 0 saturated heterocycles. The Hall–Kier alpha value is -3.02. The Bertz CT molecular complexity index is 887. The SMILES string of the molecule is COc1cc2c(cc1OC)CN(C(=O)CC(=O)Nc1cc(C)cc(C)c1)CC2. The van der Waals surface area contributed by atoms with E-state index in [4.69, 9.17) is 9.47 Å². The van der Waals surface area contributed by atoms with Gasteiger partial charge in [-0.2, -0.15) is 0 Å². The van der Waals surface area contributed by atoms with Crippen LogP contribution in [0, 0.1) is 13.8 Å². The van der Waals surface area contributed by atoms with Crippen molar-refractivity contribution >= 4 is 17.5 Å². The Labute approximate surface area is 165 Å². The minimum Gasteiger partial charge on any atom is -0.493 e. The summed E-state index contributed by atoms with van der Waals surface area (Å²) in [5.74, 6) is 0.854. The monoisotopic (exact) mass is 382 g/mol. The van der Waals surface area contributed by atoms with E-state index in [2.05, 4.69) is 5.32 Å². The molecule has 28 heavy (non-hydrogen) atoms. The van der Waals surface area contributed by atoms with Gasteiger partial charge >= 0.3 is 0 Å². The summed E-state index contributed by atoms with van der Waals surface area (Å²) < 4.78 is 10.7. The highest BCUT2D eigenvalue weighted by Gasteiger charge is 2.24. The fraction of sp³-hybridized carbons (Fsp3) is 0.364. The zero-order valence-electron chi connectivity index (χ0n) is 16.8. The summed E-state index contributed by atoms with van der Waals surface area (Å²) in [6.45, 7) is 4.99. The summed E-state index contributed by atoms with van der Waals surface area (Å²) in [5, 5.41) is 2.82. The smallest absolute Gasteiger partial charge is 0.233 e. The summed E-state index contributed by atoms with van der Waals surface area (Å²) in [4.78, 5) is 26.7. The van der Waals surface area contributed by atoms with Crippen molar-refractivity contribution < 1.29 is 19.1 Å². The van der Waals surface area contributed by atoms with Gasteiger partial charge in [-0.25, -0.2) is 0 Å². The van der Waals surface area contributed by atoms with E-state index >= 15 is 0 Å².